The highest BCUT2D eigenvalue weighted by Crippen LogP contribution is 2.39. The highest BCUT2D eigenvalue weighted by molar-refractivity contribution is 5.81. The van der Waals surface area contributed by atoms with E-state index in [1.807, 2.05) is 0 Å². The maximum Gasteiger partial charge on any atom is 0.326 e. The zero-order valence-electron chi connectivity index (χ0n) is 13.3. The predicted octanol–water partition coefficient (Wildman–Crippen LogP) is 2.18. The normalized spacial score (nSPS) is 29.9. The minimum Gasteiger partial charge on any atom is -0.468 e. The Kier molecular flexibility index (Phi) is 5.44. The first-order chi connectivity index (χ1) is 9.67. The lowest BCUT2D eigenvalue weighted by molar-refractivity contribution is -0.150. The standard InChI is InChI=1S/C16H30N2O2/c1-4-17-16(15(19)20-3)11-6-7-13(16)10-12-18(5-2)14-8-9-14/h13-14,17H,4-12H2,1-3H3. The molecule has 0 aromatic heterocycles. The lowest BCUT2D eigenvalue weighted by atomic mass is 9.84. The molecule has 20 heavy (non-hydrogen) atoms. The molecule has 4 heteroatoms. The van der Waals surface area contributed by atoms with Crippen LogP contribution in [0.2, 0.25) is 0 Å². The van der Waals surface area contributed by atoms with E-state index in [4.69, 9.17) is 4.74 Å². The van der Waals surface area contributed by atoms with Gasteiger partial charge in [-0.05, 0) is 57.7 Å². The Morgan fingerprint density at radius 1 is 1.35 bits per heavy atom. The van der Waals surface area contributed by atoms with Crippen LogP contribution in [0, 0.1) is 5.92 Å². The third-order valence-corrected chi connectivity index (χ3v) is 5.10. The number of methoxy groups -OCH3 is 1. The van der Waals surface area contributed by atoms with Gasteiger partial charge in [0, 0.05) is 6.04 Å². The molecular formula is C16H30N2O2. The summed E-state index contributed by atoms with van der Waals surface area (Å²) < 4.78 is 5.10. The average molecular weight is 282 g/mol. The molecule has 0 radical (unpaired) electrons. The number of likely N-dealkylation sites (N-methyl/N-ethyl adjacent to an activating group) is 1. The number of nitrogens with zero attached hydrogens (tertiary/aromatic N) is 1. The molecule has 0 bridgehead atoms. The topological polar surface area (TPSA) is 41.6 Å². The van der Waals surface area contributed by atoms with E-state index in [0.29, 0.717) is 5.92 Å². The van der Waals surface area contributed by atoms with Gasteiger partial charge >= 0.3 is 5.97 Å². The van der Waals surface area contributed by atoms with E-state index >= 15 is 0 Å². The van der Waals surface area contributed by atoms with E-state index in [0.717, 1.165) is 51.4 Å². The average Bonchev–Trinajstić information content (AvgIpc) is 3.22. The van der Waals surface area contributed by atoms with Gasteiger partial charge in [0.2, 0.25) is 0 Å². The molecule has 2 fully saturated rings. The molecule has 0 aromatic carbocycles. The largest absolute Gasteiger partial charge is 0.468 e. The van der Waals surface area contributed by atoms with Gasteiger partial charge in [0.1, 0.15) is 5.54 Å². The van der Waals surface area contributed by atoms with Crippen molar-refractivity contribution in [3.8, 4) is 0 Å². The first-order valence-corrected chi connectivity index (χ1v) is 8.25. The van der Waals surface area contributed by atoms with Crippen LogP contribution in [0.4, 0.5) is 0 Å². The molecule has 116 valence electrons. The Hall–Kier alpha value is -0.610. The molecule has 2 saturated carbocycles. The SMILES string of the molecule is CCNC1(C(=O)OC)CCCC1CCN(CC)C1CC1. The van der Waals surface area contributed by atoms with E-state index in [1.54, 1.807) is 0 Å². The van der Waals surface area contributed by atoms with Gasteiger partial charge in [-0.2, -0.15) is 0 Å². The van der Waals surface area contributed by atoms with Crippen LogP contribution in [0.1, 0.15) is 52.4 Å². The lowest BCUT2D eigenvalue weighted by Gasteiger charge is -2.34. The van der Waals surface area contributed by atoms with E-state index < -0.39 is 5.54 Å². The Morgan fingerprint density at radius 3 is 2.65 bits per heavy atom. The Labute approximate surface area is 123 Å². The lowest BCUT2D eigenvalue weighted by Crippen LogP contribution is -2.55. The molecule has 4 nitrogen and oxygen atoms in total. The van der Waals surface area contributed by atoms with Crippen molar-refractivity contribution in [3.63, 3.8) is 0 Å². The van der Waals surface area contributed by atoms with Gasteiger partial charge in [-0.1, -0.05) is 20.3 Å². The molecule has 0 heterocycles. The van der Waals surface area contributed by atoms with Crippen molar-refractivity contribution in [2.75, 3.05) is 26.7 Å². The molecule has 2 rings (SSSR count). The van der Waals surface area contributed by atoms with Gasteiger partial charge in [-0.15, -0.1) is 0 Å². The van der Waals surface area contributed by atoms with Crippen molar-refractivity contribution in [1.29, 1.82) is 0 Å². The second-order valence-electron chi connectivity index (χ2n) is 6.23. The maximum absolute atomic E-state index is 12.3. The van der Waals surface area contributed by atoms with Crippen molar-refractivity contribution in [3.05, 3.63) is 0 Å². The molecule has 2 atom stereocenters. The Balaban J connectivity index is 1.98. The van der Waals surface area contributed by atoms with Crippen LogP contribution in [0.5, 0.6) is 0 Å². The minimum absolute atomic E-state index is 0.0590. The van der Waals surface area contributed by atoms with Gasteiger partial charge in [-0.25, -0.2) is 0 Å². The fourth-order valence-corrected chi connectivity index (χ4v) is 3.90. The summed E-state index contributed by atoms with van der Waals surface area (Å²) in [5.41, 5.74) is -0.424. The number of carbonyl (C=O) groups is 1. The fraction of sp³-hybridized carbons (Fsp3) is 0.938. The first kappa shape index (κ1) is 15.8. The fourth-order valence-electron chi connectivity index (χ4n) is 3.90. The molecule has 0 amide bonds. The second-order valence-corrected chi connectivity index (χ2v) is 6.23. The van der Waals surface area contributed by atoms with Gasteiger partial charge < -0.3 is 15.0 Å². The summed E-state index contributed by atoms with van der Waals surface area (Å²) in [6, 6.07) is 0.813. The third-order valence-electron chi connectivity index (χ3n) is 5.10. The molecule has 0 saturated heterocycles. The summed E-state index contributed by atoms with van der Waals surface area (Å²) in [6.45, 7) is 7.39. The van der Waals surface area contributed by atoms with E-state index in [2.05, 4.69) is 24.1 Å². The number of rotatable bonds is 8. The molecule has 2 unspecified atom stereocenters. The van der Waals surface area contributed by atoms with Crippen LogP contribution < -0.4 is 5.32 Å². The molecular weight excluding hydrogens is 252 g/mol. The molecule has 2 aliphatic rings. The molecule has 0 aliphatic heterocycles. The zero-order chi connectivity index (χ0) is 14.6. The first-order valence-electron chi connectivity index (χ1n) is 8.25. The van der Waals surface area contributed by atoms with Crippen molar-refractivity contribution in [2.45, 2.75) is 64.0 Å². The van der Waals surface area contributed by atoms with Crippen LogP contribution in [0.3, 0.4) is 0 Å². The third kappa shape index (κ3) is 3.17. The van der Waals surface area contributed by atoms with Gasteiger partial charge in [0.05, 0.1) is 7.11 Å². The maximum atomic E-state index is 12.3. The number of ether oxygens (including phenoxy) is 1. The Morgan fingerprint density at radius 2 is 2.10 bits per heavy atom. The number of carbonyl (C=O) groups excluding carboxylic acids is 1. The van der Waals surface area contributed by atoms with Crippen LogP contribution in [0.25, 0.3) is 0 Å². The monoisotopic (exact) mass is 282 g/mol. The van der Waals surface area contributed by atoms with Crippen molar-refractivity contribution in [2.24, 2.45) is 5.92 Å². The summed E-state index contributed by atoms with van der Waals surface area (Å²) in [5.74, 6) is 0.360. The Bertz CT molecular complexity index is 330. The number of nitrogens with one attached hydrogen (secondary N) is 1. The number of esters is 1. The van der Waals surface area contributed by atoms with Crippen LogP contribution in [0.15, 0.2) is 0 Å². The second kappa shape index (κ2) is 6.90. The summed E-state index contributed by atoms with van der Waals surface area (Å²) in [4.78, 5) is 14.9. The summed E-state index contributed by atoms with van der Waals surface area (Å²) in [6.07, 6.45) is 7.01. The van der Waals surface area contributed by atoms with Crippen LogP contribution in [-0.4, -0.2) is 49.2 Å². The van der Waals surface area contributed by atoms with Gasteiger partial charge in [0.15, 0.2) is 0 Å². The molecule has 2 aliphatic carbocycles. The molecule has 0 spiro atoms. The summed E-state index contributed by atoms with van der Waals surface area (Å²) in [7, 11) is 1.51. The highest BCUT2D eigenvalue weighted by atomic mass is 16.5. The van der Waals surface area contributed by atoms with Gasteiger partial charge in [0.25, 0.3) is 0 Å². The quantitative estimate of drug-likeness (QED) is 0.693. The van der Waals surface area contributed by atoms with Crippen molar-refractivity contribution >= 4 is 5.97 Å². The van der Waals surface area contributed by atoms with E-state index in [-0.39, 0.29) is 5.97 Å². The summed E-state index contributed by atoms with van der Waals surface area (Å²) >= 11 is 0. The van der Waals surface area contributed by atoms with Crippen LogP contribution >= 0.6 is 0 Å². The van der Waals surface area contributed by atoms with Gasteiger partial charge in [-0.3, -0.25) is 4.79 Å². The molecule has 0 aromatic rings. The van der Waals surface area contributed by atoms with Crippen molar-refractivity contribution < 1.29 is 9.53 Å². The van der Waals surface area contributed by atoms with Crippen LogP contribution in [-0.2, 0) is 9.53 Å². The number of hydrogen-bond acceptors (Lipinski definition) is 4. The minimum atomic E-state index is -0.424. The smallest absolute Gasteiger partial charge is 0.326 e. The zero-order valence-corrected chi connectivity index (χ0v) is 13.3. The van der Waals surface area contributed by atoms with E-state index in [9.17, 15) is 4.79 Å². The summed E-state index contributed by atoms with van der Waals surface area (Å²) in [5, 5.41) is 3.45. The van der Waals surface area contributed by atoms with Crippen molar-refractivity contribution in [1.82, 2.24) is 10.2 Å². The van der Waals surface area contributed by atoms with E-state index in [1.165, 1.54) is 20.0 Å². The highest BCUT2D eigenvalue weighted by Gasteiger charge is 2.49. The predicted molar refractivity (Wildman–Crippen MR) is 80.7 cm³/mol. The molecule has 1 N–H and O–H groups in total. The number of hydrogen-bond donors (Lipinski definition) is 1.